The van der Waals surface area contributed by atoms with Crippen LogP contribution in [0.3, 0.4) is 0 Å². The summed E-state index contributed by atoms with van der Waals surface area (Å²) in [5.41, 5.74) is 0.579. The minimum atomic E-state index is -0.440. The first-order chi connectivity index (χ1) is 14.5. The summed E-state index contributed by atoms with van der Waals surface area (Å²) in [6, 6.07) is 12.3. The number of aromatic amines is 1. The minimum Gasteiger partial charge on any atom is -0.497 e. The molecule has 2 heterocycles. The second-order valence-corrected chi connectivity index (χ2v) is 7.18. The molecule has 4 aromatic rings. The van der Waals surface area contributed by atoms with E-state index in [0.29, 0.717) is 33.2 Å². The topological polar surface area (TPSA) is 131 Å². The van der Waals surface area contributed by atoms with Gasteiger partial charge in [-0.1, -0.05) is 11.2 Å². The molecule has 0 aliphatic rings. The van der Waals surface area contributed by atoms with Crippen molar-refractivity contribution in [3.05, 3.63) is 47.3 Å². The Hall–Kier alpha value is -3.99. The molecule has 0 spiro atoms. The largest absolute Gasteiger partial charge is 0.497 e. The Labute approximate surface area is 174 Å². The van der Waals surface area contributed by atoms with Crippen molar-refractivity contribution in [3.8, 4) is 17.2 Å². The average molecular weight is 424 g/mol. The van der Waals surface area contributed by atoms with Gasteiger partial charge in [-0.15, -0.1) is 16.4 Å². The Morgan fingerprint density at radius 2 is 1.97 bits per heavy atom. The molecule has 2 aromatic heterocycles. The van der Waals surface area contributed by atoms with Crippen molar-refractivity contribution in [2.75, 3.05) is 17.7 Å². The monoisotopic (exact) mass is 424 g/mol. The third kappa shape index (κ3) is 4.05. The molecule has 0 atom stereocenters. The van der Waals surface area contributed by atoms with Gasteiger partial charge in [-0.2, -0.15) is 5.21 Å². The standard InChI is InChI=1S/C19H16N6O4S/c1-10(26)20-11-4-3-5-13(8-11)29-16-14-9-12(28-2)6-7-15(14)30-17(16)18(27)21-19-22-24-25-23-19/h3-9H,1-2H3,(H,20,26)(H2,21,22,23,24,25,27). The van der Waals surface area contributed by atoms with Crippen molar-refractivity contribution >= 4 is 44.9 Å². The van der Waals surface area contributed by atoms with Gasteiger partial charge in [0.1, 0.15) is 16.4 Å². The average Bonchev–Trinajstić information content (AvgIpc) is 3.35. The second-order valence-electron chi connectivity index (χ2n) is 6.12. The van der Waals surface area contributed by atoms with Crippen LogP contribution in [-0.2, 0) is 4.79 Å². The van der Waals surface area contributed by atoms with Crippen LogP contribution in [0.1, 0.15) is 16.6 Å². The number of methoxy groups -OCH3 is 1. The zero-order valence-electron chi connectivity index (χ0n) is 15.9. The first kappa shape index (κ1) is 19.3. The number of hydrogen-bond acceptors (Lipinski definition) is 8. The third-order valence-electron chi connectivity index (χ3n) is 4.00. The predicted molar refractivity (Wildman–Crippen MR) is 111 cm³/mol. The summed E-state index contributed by atoms with van der Waals surface area (Å²) in [7, 11) is 1.56. The van der Waals surface area contributed by atoms with Crippen LogP contribution in [0, 0.1) is 0 Å². The summed E-state index contributed by atoms with van der Waals surface area (Å²) in [5.74, 6) is 0.853. The van der Waals surface area contributed by atoms with Crippen LogP contribution in [0.5, 0.6) is 17.2 Å². The van der Waals surface area contributed by atoms with Crippen molar-refractivity contribution in [3.63, 3.8) is 0 Å². The Kier molecular flexibility index (Phi) is 5.26. The molecule has 4 rings (SSSR count). The van der Waals surface area contributed by atoms with Gasteiger partial charge in [0.05, 0.1) is 7.11 Å². The fourth-order valence-electron chi connectivity index (χ4n) is 2.76. The lowest BCUT2D eigenvalue weighted by Gasteiger charge is -2.10. The highest BCUT2D eigenvalue weighted by Gasteiger charge is 2.22. The van der Waals surface area contributed by atoms with Gasteiger partial charge in [0.2, 0.25) is 5.91 Å². The lowest BCUT2D eigenvalue weighted by atomic mass is 10.2. The first-order valence-electron chi connectivity index (χ1n) is 8.74. The number of amides is 2. The van der Waals surface area contributed by atoms with Crippen LogP contribution in [0.25, 0.3) is 10.1 Å². The number of nitrogens with one attached hydrogen (secondary N) is 3. The van der Waals surface area contributed by atoms with Crippen LogP contribution in [0.15, 0.2) is 42.5 Å². The summed E-state index contributed by atoms with van der Waals surface area (Å²) < 4.78 is 12.3. The first-order valence-corrected chi connectivity index (χ1v) is 9.56. The number of hydrogen-bond donors (Lipinski definition) is 3. The molecule has 30 heavy (non-hydrogen) atoms. The number of benzene rings is 2. The fourth-order valence-corrected chi connectivity index (χ4v) is 3.77. The van der Waals surface area contributed by atoms with E-state index in [-0.39, 0.29) is 11.9 Å². The van der Waals surface area contributed by atoms with Gasteiger partial charge < -0.3 is 14.8 Å². The highest BCUT2D eigenvalue weighted by Crippen LogP contribution is 2.42. The maximum atomic E-state index is 12.9. The van der Waals surface area contributed by atoms with Gasteiger partial charge in [0, 0.05) is 28.8 Å². The van der Waals surface area contributed by atoms with Crippen molar-refractivity contribution in [2.24, 2.45) is 0 Å². The number of tetrazole rings is 1. The molecule has 0 saturated heterocycles. The minimum absolute atomic E-state index is 0.0497. The Balaban J connectivity index is 1.75. The normalized spacial score (nSPS) is 10.6. The highest BCUT2D eigenvalue weighted by molar-refractivity contribution is 7.21. The number of ether oxygens (including phenoxy) is 2. The van der Waals surface area contributed by atoms with E-state index in [1.165, 1.54) is 18.3 Å². The molecule has 0 aliphatic carbocycles. The maximum Gasteiger partial charge on any atom is 0.272 e. The van der Waals surface area contributed by atoms with Gasteiger partial charge in [0.15, 0.2) is 5.75 Å². The van der Waals surface area contributed by atoms with E-state index in [1.54, 1.807) is 43.5 Å². The van der Waals surface area contributed by atoms with E-state index in [9.17, 15) is 9.59 Å². The number of fused-ring (bicyclic) bond motifs is 1. The number of aromatic nitrogens is 4. The zero-order valence-corrected chi connectivity index (χ0v) is 16.7. The van der Waals surface area contributed by atoms with Crippen molar-refractivity contribution in [1.29, 1.82) is 0 Å². The van der Waals surface area contributed by atoms with E-state index in [2.05, 4.69) is 31.3 Å². The van der Waals surface area contributed by atoms with Crippen LogP contribution in [0.2, 0.25) is 0 Å². The van der Waals surface area contributed by atoms with Crippen molar-refractivity contribution in [2.45, 2.75) is 6.92 Å². The molecule has 0 bridgehead atoms. The number of rotatable bonds is 6. The molecular weight excluding hydrogens is 408 g/mol. The number of carbonyl (C=O) groups is 2. The molecule has 0 radical (unpaired) electrons. The van der Waals surface area contributed by atoms with E-state index in [1.807, 2.05) is 6.07 Å². The summed E-state index contributed by atoms with van der Waals surface area (Å²) in [6.07, 6.45) is 0. The zero-order chi connectivity index (χ0) is 21.1. The molecular formula is C19H16N6O4S. The quantitative estimate of drug-likeness (QED) is 0.432. The Morgan fingerprint density at radius 1 is 1.10 bits per heavy atom. The molecule has 10 nitrogen and oxygen atoms in total. The second kappa shape index (κ2) is 8.17. The third-order valence-corrected chi connectivity index (χ3v) is 5.15. The number of anilines is 2. The van der Waals surface area contributed by atoms with E-state index >= 15 is 0 Å². The summed E-state index contributed by atoms with van der Waals surface area (Å²) in [5, 5.41) is 19.2. The highest BCUT2D eigenvalue weighted by atomic mass is 32.1. The summed E-state index contributed by atoms with van der Waals surface area (Å²) in [6.45, 7) is 1.42. The molecule has 0 unspecified atom stereocenters. The Bertz CT molecular complexity index is 1220. The van der Waals surface area contributed by atoms with Crippen LogP contribution in [0.4, 0.5) is 11.6 Å². The van der Waals surface area contributed by atoms with Crippen LogP contribution in [-0.4, -0.2) is 39.5 Å². The number of nitrogens with zero attached hydrogens (tertiary/aromatic N) is 3. The molecule has 0 aliphatic heterocycles. The Morgan fingerprint density at radius 3 is 2.70 bits per heavy atom. The number of thiophene rings is 1. The molecule has 11 heteroatoms. The van der Waals surface area contributed by atoms with Crippen molar-refractivity contribution < 1.29 is 19.1 Å². The molecule has 0 fully saturated rings. The smallest absolute Gasteiger partial charge is 0.272 e. The van der Waals surface area contributed by atoms with E-state index < -0.39 is 5.91 Å². The van der Waals surface area contributed by atoms with Gasteiger partial charge in [-0.3, -0.25) is 14.9 Å². The maximum absolute atomic E-state index is 12.9. The van der Waals surface area contributed by atoms with Gasteiger partial charge >= 0.3 is 0 Å². The number of H-pyrrole nitrogens is 1. The summed E-state index contributed by atoms with van der Waals surface area (Å²) >= 11 is 1.26. The SMILES string of the molecule is COc1ccc2sc(C(=O)Nc3nn[nH]n3)c(Oc3cccc(NC(C)=O)c3)c2c1. The lowest BCUT2D eigenvalue weighted by Crippen LogP contribution is -2.12. The lowest BCUT2D eigenvalue weighted by molar-refractivity contribution is -0.114. The van der Waals surface area contributed by atoms with Crippen molar-refractivity contribution in [1.82, 2.24) is 20.6 Å². The van der Waals surface area contributed by atoms with Crippen LogP contribution >= 0.6 is 11.3 Å². The number of carbonyl (C=O) groups excluding carboxylic acids is 2. The predicted octanol–water partition coefficient (Wildman–Crippen LogP) is 3.43. The molecule has 0 saturated carbocycles. The van der Waals surface area contributed by atoms with E-state index in [0.717, 1.165) is 4.70 Å². The van der Waals surface area contributed by atoms with Crippen LogP contribution < -0.4 is 20.1 Å². The molecule has 2 amide bonds. The van der Waals surface area contributed by atoms with Gasteiger partial charge in [-0.05, 0) is 35.5 Å². The van der Waals surface area contributed by atoms with Gasteiger partial charge in [0.25, 0.3) is 11.9 Å². The molecule has 2 aromatic carbocycles. The molecule has 3 N–H and O–H groups in total. The fraction of sp³-hybridized carbons (Fsp3) is 0.105. The van der Waals surface area contributed by atoms with E-state index in [4.69, 9.17) is 9.47 Å². The summed E-state index contributed by atoms with van der Waals surface area (Å²) in [4.78, 5) is 24.5. The molecule has 152 valence electrons. The van der Waals surface area contributed by atoms with Gasteiger partial charge in [-0.25, -0.2) is 0 Å².